The molecule has 0 atom stereocenters. The molecule has 0 amide bonds. The lowest BCUT2D eigenvalue weighted by atomic mass is 10.4. The molecule has 0 aromatic rings. The summed E-state index contributed by atoms with van der Waals surface area (Å²) in [6.07, 6.45) is 4.17. The minimum atomic E-state index is -3.04. The van der Waals surface area contributed by atoms with Crippen LogP contribution in [-0.2, 0) is 10.0 Å². The van der Waals surface area contributed by atoms with E-state index in [0.29, 0.717) is 25.7 Å². The van der Waals surface area contributed by atoms with E-state index in [1.807, 2.05) is 13.8 Å². The molecule has 0 radical (unpaired) electrons. The van der Waals surface area contributed by atoms with Crippen molar-refractivity contribution in [1.82, 2.24) is 9.62 Å². The molecule has 0 aromatic carbocycles. The van der Waals surface area contributed by atoms with Gasteiger partial charge in [-0.2, -0.15) is 0 Å². The predicted octanol–water partition coefficient (Wildman–Crippen LogP) is 1.19. The van der Waals surface area contributed by atoms with Gasteiger partial charge in [0.1, 0.15) is 0 Å². The van der Waals surface area contributed by atoms with Crippen LogP contribution >= 0.6 is 0 Å². The van der Waals surface area contributed by atoms with Crippen LogP contribution in [0.5, 0.6) is 0 Å². The number of sulfonamides is 1. The van der Waals surface area contributed by atoms with Gasteiger partial charge in [-0.05, 0) is 25.7 Å². The Morgan fingerprint density at radius 1 is 1.19 bits per heavy atom. The lowest BCUT2D eigenvalue weighted by Crippen LogP contribution is -2.37. The van der Waals surface area contributed by atoms with Crippen molar-refractivity contribution < 1.29 is 8.42 Å². The van der Waals surface area contributed by atoms with Crippen LogP contribution in [0.3, 0.4) is 0 Å². The SMILES string of the molecule is CCCN(CCC)S(=O)(=O)CCNC1CC1. The van der Waals surface area contributed by atoms with Gasteiger partial charge in [0.25, 0.3) is 0 Å². The van der Waals surface area contributed by atoms with Crippen molar-refractivity contribution in [2.24, 2.45) is 0 Å². The first-order valence-corrected chi connectivity index (χ1v) is 7.92. The van der Waals surface area contributed by atoms with Crippen molar-refractivity contribution in [2.45, 2.75) is 45.6 Å². The van der Waals surface area contributed by atoms with Gasteiger partial charge in [-0.25, -0.2) is 12.7 Å². The van der Waals surface area contributed by atoms with Crippen LogP contribution in [0.2, 0.25) is 0 Å². The number of hydrogen-bond acceptors (Lipinski definition) is 3. The molecule has 0 aliphatic heterocycles. The summed E-state index contributed by atoms with van der Waals surface area (Å²) in [6.45, 7) is 5.93. The van der Waals surface area contributed by atoms with E-state index in [-0.39, 0.29) is 5.75 Å². The van der Waals surface area contributed by atoms with Gasteiger partial charge in [0.2, 0.25) is 10.0 Å². The third-order valence-electron chi connectivity index (χ3n) is 2.71. The van der Waals surface area contributed by atoms with Crippen molar-refractivity contribution in [1.29, 1.82) is 0 Å². The molecular weight excluding hydrogens is 224 g/mol. The maximum atomic E-state index is 12.0. The Hall–Kier alpha value is -0.130. The largest absolute Gasteiger partial charge is 0.313 e. The average Bonchev–Trinajstić information content (AvgIpc) is 3.01. The second-order valence-electron chi connectivity index (χ2n) is 4.44. The van der Waals surface area contributed by atoms with Gasteiger partial charge < -0.3 is 5.32 Å². The van der Waals surface area contributed by atoms with Gasteiger partial charge in [0.15, 0.2) is 0 Å². The van der Waals surface area contributed by atoms with Crippen LogP contribution in [0.15, 0.2) is 0 Å². The maximum Gasteiger partial charge on any atom is 0.215 e. The zero-order chi connectivity index (χ0) is 12.0. The highest BCUT2D eigenvalue weighted by Crippen LogP contribution is 2.18. The molecule has 96 valence electrons. The normalized spacial score (nSPS) is 16.9. The van der Waals surface area contributed by atoms with E-state index in [2.05, 4.69) is 5.32 Å². The van der Waals surface area contributed by atoms with Crippen molar-refractivity contribution in [3.8, 4) is 0 Å². The standard InChI is InChI=1S/C11H24N2O2S/c1-3-8-13(9-4-2)16(14,15)10-7-12-11-5-6-11/h11-12H,3-10H2,1-2H3. The Kier molecular flexibility index (Phi) is 5.72. The van der Waals surface area contributed by atoms with E-state index < -0.39 is 10.0 Å². The molecule has 5 heteroatoms. The Morgan fingerprint density at radius 2 is 1.75 bits per heavy atom. The van der Waals surface area contributed by atoms with Crippen molar-refractivity contribution >= 4 is 10.0 Å². The van der Waals surface area contributed by atoms with Crippen LogP contribution < -0.4 is 5.32 Å². The van der Waals surface area contributed by atoms with Gasteiger partial charge in [0.05, 0.1) is 5.75 Å². The quantitative estimate of drug-likeness (QED) is 0.667. The summed E-state index contributed by atoms with van der Waals surface area (Å²) in [4.78, 5) is 0. The minimum absolute atomic E-state index is 0.240. The molecule has 0 bridgehead atoms. The van der Waals surface area contributed by atoms with Crippen molar-refractivity contribution in [2.75, 3.05) is 25.4 Å². The van der Waals surface area contributed by atoms with Crippen LogP contribution in [-0.4, -0.2) is 44.2 Å². The molecule has 1 aliphatic carbocycles. The second-order valence-corrected chi connectivity index (χ2v) is 6.53. The first kappa shape index (κ1) is 13.9. The lowest BCUT2D eigenvalue weighted by molar-refractivity contribution is 0.409. The Morgan fingerprint density at radius 3 is 2.19 bits per heavy atom. The molecule has 0 saturated heterocycles. The third kappa shape index (κ3) is 4.80. The van der Waals surface area contributed by atoms with Crippen molar-refractivity contribution in [3.05, 3.63) is 0 Å². The summed E-state index contributed by atoms with van der Waals surface area (Å²) < 4.78 is 25.6. The van der Waals surface area contributed by atoms with E-state index in [1.54, 1.807) is 4.31 Å². The predicted molar refractivity (Wildman–Crippen MR) is 67.0 cm³/mol. The number of nitrogens with zero attached hydrogens (tertiary/aromatic N) is 1. The lowest BCUT2D eigenvalue weighted by Gasteiger charge is -2.20. The third-order valence-corrected chi connectivity index (χ3v) is 4.58. The fourth-order valence-electron chi connectivity index (χ4n) is 1.70. The first-order chi connectivity index (χ1) is 7.60. The fourth-order valence-corrected chi connectivity index (χ4v) is 3.25. The van der Waals surface area contributed by atoms with E-state index >= 15 is 0 Å². The summed E-state index contributed by atoms with van der Waals surface area (Å²) in [7, 11) is -3.04. The highest BCUT2D eigenvalue weighted by molar-refractivity contribution is 7.89. The van der Waals surface area contributed by atoms with E-state index in [1.165, 1.54) is 12.8 Å². The summed E-state index contributed by atoms with van der Waals surface area (Å²) in [5, 5.41) is 3.25. The number of nitrogens with one attached hydrogen (secondary N) is 1. The average molecular weight is 248 g/mol. The molecule has 1 rings (SSSR count). The van der Waals surface area contributed by atoms with Crippen LogP contribution in [0.4, 0.5) is 0 Å². The summed E-state index contributed by atoms with van der Waals surface area (Å²) >= 11 is 0. The molecule has 0 heterocycles. The molecule has 0 spiro atoms. The Balaban J connectivity index is 2.36. The molecule has 4 nitrogen and oxygen atoms in total. The Labute approximate surface area is 99.5 Å². The zero-order valence-electron chi connectivity index (χ0n) is 10.4. The van der Waals surface area contributed by atoms with Gasteiger partial charge >= 0.3 is 0 Å². The highest BCUT2D eigenvalue weighted by atomic mass is 32.2. The molecule has 0 aromatic heterocycles. The highest BCUT2D eigenvalue weighted by Gasteiger charge is 2.23. The fraction of sp³-hybridized carbons (Fsp3) is 1.00. The second kappa shape index (κ2) is 6.57. The molecule has 16 heavy (non-hydrogen) atoms. The smallest absolute Gasteiger partial charge is 0.215 e. The maximum absolute atomic E-state index is 12.0. The number of hydrogen-bond donors (Lipinski definition) is 1. The molecule has 0 unspecified atom stereocenters. The van der Waals surface area contributed by atoms with Gasteiger partial charge in [-0.15, -0.1) is 0 Å². The minimum Gasteiger partial charge on any atom is -0.313 e. The van der Waals surface area contributed by atoms with Crippen molar-refractivity contribution in [3.63, 3.8) is 0 Å². The first-order valence-electron chi connectivity index (χ1n) is 6.31. The summed E-state index contributed by atoms with van der Waals surface area (Å²) in [5.41, 5.74) is 0. The van der Waals surface area contributed by atoms with Gasteiger partial charge in [-0.3, -0.25) is 0 Å². The Bertz CT molecular complexity index is 280. The monoisotopic (exact) mass is 248 g/mol. The van der Waals surface area contributed by atoms with E-state index in [4.69, 9.17) is 0 Å². The van der Waals surface area contributed by atoms with E-state index in [9.17, 15) is 8.42 Å². The summed E-state index contributed by atoms with van der Waals surface area (Å²) in [6, 6.07) is 0.584. The molecule has 1 aliphatic rings. The molecule has 1 saturated carbocycles. The van der Waals surface area contributed by atoms with Gasteiger partial charge in [0, 0.05) is 25.7 Å². The van der Waals surface area contributed by atoms with Crippen LogP contribution in [0.25, 0.3) is 0 Å². The molecule has 1 fully saturated rings. The topological polar surface area (TPSA) is 49.4 Å². The zero-order valence-corrected chi connectivity index (χ0v) is 11.2. The molecule has 1 N–H and O–H groups in total. The summed E-state index contributed by atoms with van der Waals surface area (Å²) in [5.74, 6) is 0.240. The molecular formula is C11H24N2O2S. The van der Waals surface area contributed by atoms with Crippen LogP contribution in [0.1, 0.15) is 39.5 Å². The van der Waals surface area contributed by atoms with E-state index in [0.717, 1.165) is 12.8 Å². The van der Waals surface area contributed by atoms with Gasteiger partial charge in [-0.1, -0.05) is 13.8 Å². The van der Waals surface area contributed by atoms with Crippen LogP contribution in [0, 0.1) is 0 Å². The number of rotatable bonds is 9.